The largest absolute Gasteiger partial charge is 0.476 e. The van der Waals surface area contributed by atoms with Gasteiger partial charge in [-0.1, -0.05) is 0 Å². The van der Waals surface area contributed by atoms with Crippen LogP contribution in [0.25, 0.3) is 5.65 Å². The average Bonchev–Trinajstić information content (AvgIpc) is 2.84. The summed E-state index contributed by atoms with van der Waals surface area (Å²) in [5, 5.41) is 4.36. The van der Waals surface area contributed by atoms with E-state index in [9.17, 15) is 0 Å². The Kier molecular flexibility index (Phi) is 3.15. The van der Waals surface area contributed by atoms with Gasteiger partial charge in [-0.15, -0.1) is 5.10 Å². The van der Waals surface area contributed by atoms with Crippen LogP contribution >= 0.6 is 0 Å². The van der Waals surface area contributed by atoms with Crippen molar-refractivity contribution in [3.05, 3.63) is 24.5 Å². The zero-order chi connectivity index (χ0) is 12.4. The van der Waals surface area contributed by atoms with Gasteiger partial charge in [0.15, 0.2) is 5.65 Å². The van der Waals surface area contributed by atoms with Crippen LogP contribution < -0.4 is 4.74 Å². The standard InChI is InChI=1S/C13H18N4O/c1-16-7-2-3-11(9-16)10-18-13-5-4-12-14-6-8-17(12)15-13/h4-6,8,11H,2-3,7,9-10H2,1H3. The topological polar surface area (TPSA) is 42.7 Å². The number of aromatic nitrogens is 3. The zero-order valence-electron chi connectivity index (χ0n) is 10.6. The van der Waals surface area contributed by atoms with Gasteiger partial charge in [0, 0.05) is 30.9 Å². The van der Waals surface area contributed by atoms with E-state index in [0.29, 0.717) is 11.8 Å². The fourth-order valence-corrected chi connectivity index (χ4v) is 2.49. The van der Waals surface area contributed by atoms with Gasteiger partial charge >= 0.3 is 0 Å². The highest BCUT2D eigenvalue weighted by atomic mass is 16.5. The maximum atomic E-state index is 5.78. The summed E-state index contributed by atoms with van der Waals surface area (Å²) in [6.45, 7) is 3.07. The molecule has 0 bridgehead atoms. The number of rotatable bonds is 3. The molecule has 0 N–H and O–H groups in total. The molecule has 1 aliphatic rings. The predicted octanol–water partition coefficient (Wildman–Crippen LogP) is 1.45. The van der Waals surface area contributed by atoms with Crippen molar-refractivity contribution in [1.29, 1.82) is 0 Å². The second-order valence-electron chi connectivity index (χ2n) is 4.98. The zero-order valence-corrected chi connectivity index (χ0v) is 10.6. The lowest BCUT2D eigenvalue weighted by atomic mass is 10.00. The Balaban J connectivity index is 1.61. The minimum absolute atomic E-state index is 0.615. The molecule has 3 rings (SSSR count). The maximum absolute atomic E-state index is 5.78. The highest BCUT2D eigenvalue weighted by Gasteiger charge is 2.17. The summed E-state index contributed by atoms with van der Waals surface area (Å²) in [6, 6.07) is 3.81. The lowest BCUT2D eigenvalue weighted by Crippen LogP contribution is -2.34. The lowest BCUT2D eigenvalue weighted by molar-refractivity contribution is 0.146. The summed E-state index contributed by atoms with van der Waals surface area (Å²) in [5.41, 5.74) is 0.847. The van der Waals surface area contributed by atoms with Crippen LogP contribution in [0.3, 0.4) is 0 Å². The van der Waals surface area contributed by atoms with Crippen molar-refractivity contribution in [2.75, 3.05) is 26.7 Å². The van der Waals surface area contributed by atoms with E-state index >= 15 is 0 Å². The number of nitrogens with zero attached hydrogens (tertiary/aromatic N) is 4. The summed E-state index contributed by atoms with van der Waals surface area (Å²) in [7, 11) is 2.17. The molecule has 18 heavy (non-hydrogen) atoms. The molecule has 5 nitrogen and oxygen atoms in total. The summed E-state index contributed by atoms with van der Waals surface area (Å²) < 4.78 is 7.52. The first-order valence-corrected chi connectivity index (χ1v) is 6.43. The molecule has 0 amide bonds. The van der Waals surface area contributed by atoms with Crippen molar-refractivity contribution in [3.8, 4) is 5.88 Å². The van der Waals surface area contributed by atoms with E-state index in [-0.39, 0.29) is 0 Å². The predicted molar refractivity (Wildman–Crippen MR) is 68.7 cm³/mol. The van der Waals surface area contributed by atoms with Crippen molar-refractivity contribution < 1.29 is 4.74 Å². The van der Waals surface area contributed by atoms with Crippen LogP contribution in [0.15, 0.2) is 24.5 Å². The van der Waals surface area contributed by atoms with Crippen LogP contribution in [0.5, 0.6) is 5.88 Å². The molecule has 1 fully saturated rings. The van der Waals surface area contributed by atoms with E-state index in [0.717, 1.165) is 18.8 Å². The highest BCUT2D eigenvalue weighted by Crippen LogP contribution is 2.16. The smallest absolute Gasteiger partial charge is 0.231 e. The summed E-state index contributed by atoms with van der Waals surface area (Å²) >= 11 is 0. The molecule has 0 aliphatic carbocycles. The van der Waals surface area contributed by atoms with Gasteiger partial charge in [0.25, 0.3) is 0 Å². The number of piperidine rings is 1. The molecule has 0 spiro atoms. The highest BCUT2D eigenvalue weighted by molar-refractivity contribution is 5.37. The fraction of sp³-hybridized carbons (Fsp3) is 0.538. The third-order valence-electron chi connectivity index (χ3n) is 3.42. The Morgan fingerprint density at radius 1 is 1.44 bits per heavy atom. The number of fused-ring (bicyclic) bond motifs is 1. The van der Waals surface area contributed by atoms with E-state index < -0.39 is 0 Å². The molecule has 5 heteroatoms. The number of likely N-dealkylation sites (tertiary alicyclic amines) is 1. The van der Waals surface area contributed by atoms with Crippen molar-refractivity contribution in [2.24, 2.45) is 5.92 Å². The third kappa shape index (κ3) is 2.46. The first-order valence-electron chi connectivity index (χ1n) is 6.43. The number of hydrogen-bond donors (Lipinski definition) is 0. The molecule has 2 aromatic rings. The molecule has 96 valence electrons. The first kappa shape index (κ1) is 11.5. The molecule has 1 saturated heterocycles. The van der Waals surface area contributed by atoms with Crippen molar-refractivity contribution in [3.63, 3.8) is 0 Å². The molecular weight excluding hydrogens is 228 g/mol. The molecular formula is C13H18N4O. The Bertz CT molecular complexity index is 524. The van der Waals surface area contributed by atoms with Gasteiger partial charge in [-0.2, -0.15) is 0 Å². The third-order valence-corrected chi connectivity index (χ3v) is 3.42. The van der Waals surface area contributed by atoms with Crippen molar-refractivity contribution in [2.45, 2.75) is 12.8 Å². The molecule has 1 unspecified atom stereocenters. The van der Waals surface area contributed by atoms with Crippen LogP contribution in [-0.2, 0) is 0 Å². The summed E-state index contributed by atoms with van der Waals surface area (Å²) in [4.78, 5) is 6.52. The average molecular weight is 246 g/mol. The van der Waals surface area contributed by atoms with Crippen LogP contribution in [0.4, 0.5) is 0 Å². The number of hydrogen-bond acceptors (Lipinski definition) is 4. The van der Waals surface area contributed by atoms with E-state index in [1.807, 2.05) is 18.3 Å². The molecule has 0 saturated carbocycles. The van der Waals surface area contributed by atoms with Gasteiger partial charge in [-0.3, -0.25) is 0 Å². The monoisotopic (exact) mass is 246 g/mol. The quantitative estimate of drug-likeness (QED) is 0.822. The van der Waals surface area contributed by atoms with Crippen molar-refractivity contribution >= 4 is 5.65 Å². The Morgan fingerprint density at radius 3 is 3.28 bits per heavy atom. The molecule has 0 radical (unpaired) electrons. The SMILES string of the molecule is CN1CCCC(COc2ccc3nccn3n2)C1. The van der Waals surface area contributed by atoms with E-state index in [1.54, 1.807) is 10.7 Å². The second-order valence-corrected chi connectivity index (χ2v) is 4.98. The molecule has 1 aliphatic heterocycles. The second kappa shape index (κ2) is 4.94. The Labute approximate surface area is 106 Å². The van der Waals surface area contributed by atoms with Gasteiger partial charge in [0.2, 0.25) is 5.88 Å². The normalized spacial score (nSPS) is 21.3. The van der Waals surface area contributed by atoms with Crippen LogP contribution in [0.1, 0.15) is 12.8 Å². The van der Waals surface area contributed by atoms with Crippen molar-refractivity contribution in [1.82, 2.24) is 19.5 Å². The number of ether oxygens (including phenoxy) is 1. The molecule has 3 heterocycles. The fourth-order valence-electron chi connectivity index (χ4n) is 2.49. The van der Waals surface area contributed by atoms with Gasteiger partial charge in [-0.05, 0) is 32.5 Å². The van der Waals surface area contributed by atoms with Gasteiger partial charge in [0.05, 0.1) is 6.61 Å². The maximum Gasteiger partial charge on any atom is 0.231 e. The number of imidazole rings is 1. The van der Waals surface area contributed by atoms with Gasteiger partial charge < -0.3 is 9.64 Å². The minimum Gasteiger partial charge on any atom is -0.476 e. The van der Waals surface area contributed by atoms with Crippen LogP contribution in [0.2, 0.25) is 0 Å². The lowest BCUT2D eigenvalue weighted by Gasteiger charge is -2.29. The summed E-state index contributed by atoms with van der Waals surface area (Å²) in [5.74, 6) is 1.29. The van der Waals surface area contributed by atoms with E-state index in [2.05, 4.69) is 22.0 Å². The van der Waals surface area contributed by atoms with Crippen LogP contribution in [0, 0.1) is 5.92 Å². The Hall–Kier alpha value is -1.62. The first-order chi connectivity index (χ1) is 8.81. The molecule has 0 aromatic carbocycles. The van der Waals surface area contributed by atoms with E-state index in [4.69, 9.17) is 4.74 Å². The minimum atomic E-state index is 0.615. The summed E-state index contributed by atoms with van der Waals surface area (Å²) in [6.07, 6.45) is 6.08. The van der Waals surface area contributed by atoms with Gasteiger partial charge in [0.1, 0.15) is 0 Å². The molecule has 1 atom stereocenters. The Morgan fingerprint density at radius 2 is 2.39 bits per heavy atom. The molecule has 2 aromatic heterocycles. The van der Waals surface area contributed by atoms with Gasteiger partial charge in [-0.25, -0.2) is 9.50 Å². The van der Waals surface area contributed by atoms with Crippen LogP contribution in [-0.4, -0.2) is 46.2 Å². The van der Waals surface area contributed by atoms with E-state index in [1.165, 1.54) is 19.4 Å².